The van der Waals surface area contributed by atoms with Gasteiger partial charge in [0, 0.05) is 11.6 Å². The van der Waals surface area contributed by atoms with Crippen LogP contribution in [0.5, 0.6) is 5.75 Å². The molecule has 0 spiro atoms. The molecule has 1 amide bonds. The Morgan fingerprint density at radius 1 is 1.56 bits per heavy atom. The first-order chi connectivity index (χ1) is 7.61. The number of phenols is 1. The van der Waals surface area contributed by atoms with Crippen LogP contribution in [0.1, 0.15) is 25.8 Å². The molecule has 1 fully saturated rings. The van der Waals surface area contributed by atoms with Gasteiger partial charge in [0.05, 0.1) is 0 Å². The Bertz CT molecular complexity index is 414. The summed E-state index contributed by atoms with van der Waals surface area (Å²) >= 11 is 0. The van der Waals surface area contributed by atoms with Crippen molar-refractivity contribution in [3.8, 4) is 5.75 Å². The number of carbonyl (C=O) groups excluding carboxylic acids is 1. The summed E-state index contributed by atoms with van der Waals surface area (Å²) < 4.78 is 0. The number of hydrogen-bond acceptors (Lipinski definition) is 2. The van der Waals surface area contributed by atoms with Crippen LogP contribution in [0.3, 0.4) is 0 Å². The zero-order chi connectivity index (χ0) is 11.7. The first-order valence-electron chi connectivity index (χ1n) is 5.74. The number of anilines is 1. The number of rotatable bonds is 3. The van der Waals surface area contributed by atoms with Crippen molar-refractivity contribution in [1.82, 2.24) is 0 Å². The van der Waals surface area contributed by atoms with E-state index < -0.39 is 0 Å². The Kier molecular flexibility index (Phi) is 2.86. The van der Waals surface area contributed by atoms with Crippen LogP contribution in [0.2, 0.25) is 0 Å². The second kappa shape index (κ2) is 4.16. The molecule has 0 aromatic heterocycles. The minimum absolute atomic E-state index is 0.105. The Morgan fingerprint density at radius 3 is 2.81 bits per heavy atom. The number of benzene rings is 1. The minimum atomic E-state index is 0.105. The van der Waals surface area contributed by atoms with Crippen molar-refractivity contribution in [3.63, 3.8) is 0 Å². The first-order valence-corrected chi connectivity index (χ1v) is 5.74. The van der Waals surface area contributed by atoms with Gasteiger partial charge >= 0.3 is 0 Å². The molecule has 86 valence electrons. The van der Waals surface area contributed by atoms with Gasteiger partial charge in [-0.3, -0.25) is 4.79 Å². The van der Waals surface area contributed by atoms with E-state index in [9.17, 15) is 9.90 Å². The van der Waals surface area contributed by atoms with E-state index in [4.69, 9.17) is 0 Å². The van der Waals surface area contributed by atoms with Crippen molar-refractivity contribution >= 4 is 11.6 Å². The van der Waals surface area contributed by atoms with Gasteiger partial charge in [0.1, 0.15) is 5.75 Å². The highest BCUT2D eigenvalue weighted by molar-refractivity contribution is 5.95. The van der Waals surface area contributed by atoms with Gasteiger partial charge in [-0.1, -0.05) is 13.8 Å². The molecule has 1 aromatic carbocycles. The minimum Gasteiger partial charge on any atom is -0.508 e. The van der Waals surface area contributed by atoms with E-state index in [0.29, 0.717) is 5.92 Å². The summed E-state index contributed by atoms with van der Waals surface area (Å²) in [6.07, 6.45) is 1.79. The topological polar surface area (TPSA) is 49.3 Å². The van der Waals surface area contributed by atoms with Gasteiger partial charge < -0.3 is 10.4 Å². The molecule has 16 heavy (non-hydrogen) atoms. The van der Waals surface area contributed by atoms with Crippen molar-refractivity contribution in [2.24, 2.45) is 11.8 Å². The highest BCUT2D eigenvalue weighted by Crippen LogP contribution is 2.38. The maximum atomic E-state index is 11.8. The van der Waals surface area contributed by atoms with Crippen molar-refractivity contribution < 1.29 is 9.90 Å². The summed E-state index contributed by atoms with van der Waals surface area (Å²) in [5.41, 5.74) is 1.80. The van der Waals surface area contributed by atoms with Gasteiger partial charge in [0.2, 0.25) is 5.91 Å². The third-order valence-corrected chi connectivity index (χ3v) is 3.17. The van der Waals surface area contributed by atoms with Crippen LogP contribution in [-0.2, 0) is 11.2 Å². The number of nitrogens with one attached hydrogen (secondary N) is 1. The lowest BCUT2D eigenvalue weighted by atomic mass is 10.1. The van der Waals surface area contributed by atoms with Crippen molar-refractivity contribution in [1.29, 1.82) is 0 Å². The van der Waals surface area contributed by atoms with E-state index >= 15 is 0 Å². The normalized spacial score (nSPS) is 22.9. The molecule has 2 rings (SSSR count). The summed E-state index contributed by atoms with van der Waals surface area (Å²) in [6, 6.07) is 5.07. The Balaban J connectivity index is 2.11. The van der Waals surface area contributed by atoms with E-state index in [1.54, 1.807) is 18.2 Å². The van der Waals surface area contributed by atoms with E-state index in [-0.39, 0.29) is 17.6 Å². The molecule has 3 heteroatoms. The second-order valence-corrected chi connectivity index (χ2v) is 4.50. The molecule has 3 nitrogen and oxygen atoms in total. The van der Waals surface area contributed by atoms with Crippen LogP contribution in [0.4, 0.5) is 5.69 Å². The average molecular weight is 219 g/mol. The summed E-state index contributed by atoms with van der Waals surface area (Å²) in [7, 11) is 0. The Hall–Kier alpha value is -1.51. The summed E-state index contributed by atoms with van der Waals surface area (Å²) in [5.74, 6) is 1.04. The molecule has 0 unspecified atom stereocenters. The fraction of sp³-hybridized carbons (Fsp3) is 0.462. The molecule has 2 atom stereocenters. The third kappa shape index (κ3) is 2.18. The van der Waals surface area contributed by atoms with Crippen molar-refractivity contribution in [2.45, 2.75) is 26.7 Å². The molecular weight excluding hydrogens is 202 g/mol. The highest BCUT2D eigenvalue weighted by Gasteiger charge is 2.39. The Labute approximate surface area is 95.5 Å². The van der Waals surface area contributed by atoms with Gasteiger partial charge in [-0.25, -0.2) is 0 Å². The summed E-state index contributed by atoms with van der Waals surface area (Å²) in [6.45, 7) is 4.09. The first kappa shape index (κ1) is 11.0. The lowest BCUT2D eigenvalue weighted by molar-refractivity contribution is -0.117. The zero-order valence-corrected chi connectivity index (χ0v) is 9.66. The largest absolute Gasteiger partial charge is 0.508 e. The molecular formula is C13H17NO2. The SMILES string of the molecule is CCc1cc(O)ccc1NC(=O)[C@@H]1C[C@H]1C. The molecule has 0 aliphatic heterocycles. The number of hydrogen-bond donors (Lipinski definition) is 2. The third-order valence-electron chi connectivity index (χ3n) is 3.17. The molecule has 2 N–H and O–H groups in total. The monoisotopic (exact) mass is 219 g/mol. The number of phenolic OH excluding ortho intramolecular Hbond substituents is 1. The lowest BCUT2D eigenvalue weighted by Crippen LogP contribution is -2.15. The quantitative estimate of drug-likeness (QED) is 0.767. The average Bonchev–Trinajstić information content (AvgIpc) is 2.98. The fourth-order valence-corrected chi connectivity index (χ4v) is 1.91. The molecule has 1 aliphatic carbocycles. The van der Waals surface area contributed by atoms with Crippen LogP contribution < -0.4 is 5.32 Å². The van der Waals surface area contributed by atoms with Crippen molar-refractivity contribution in [3.05, 3.63) is 23.8 Å². The molecule has 0 saturated heterocycles. The maximum absolute atomic E-state index is 11.8. The predicted molar refractivity (Wildman–Crippen MR) is 63.4 cm³/mol. The van der Waals surface area contributed by atoms with Crippen LogP contribution in [-0.4, -0.2) is 11.0 Å². The molecule has 0 radical (unpaired) electrons. The zero-order valence-electron chi connectivity index (χ0n) is 9.66. The predicted octanol–water partition coefficient (Wildman–Crippen LogP) is 2.55. The van der Waals surface area contributed by atoms with Gasteiger partial charge in [0.25, 0.3) is 0 Å². The number of aryl methyl sites for hydroxylation is 1. The van der Waals surface area contributed by atoms with E-state index in [0.717, 1.165) is 24.1 Å². The molecule has 0 heterocycles. The van der Waals surface area contributed by atoms with Gasteiger partial charge in [-0.05, 0) is 42.5 Å². The number of carbonyl (C=O) groups is 1. The van der Waals surface area contributed by atoms with Gasteiger partial charge in [-0.15, -0.1) is 0 Å². The van der Waals surface area contributed by atoms with Crippen LogP contribution in [0.15, 0.2) is 18.2 Å². The smallest absolute Gasteiger partial charge is 0.227 e. The van der Waals surface area contributed by atoms with E-state index in [2.05, 4.69) is 12.2 Å². The second-order valence-electron chi connectivity index (χ2n) is 4.50. The molecule has 1 saturated carbocycles. The fourth-order valence-electron chi connectivity index (χ4n) is 1.91. The molecule has 0 bridgehead atoms. The lowest BCUT2D eigenvalue weighted by Gasteiger charge is -2.10. The van der Waals surface area contributed by atoms with Crippen LogP contribution in [0.25, 0.3) is 0 Å². The highest BCUT2D eigenvalue weighted by atomic mass is 16.3. The van der Waals surface area contributed by atoms with E-state index in [1.807, 2.05) is 6.92 Å². The van der Waals surface area contributed by atoms with Gasteiger partial charge in [-0.2, -0.15) is 0 Å². The van der Waals surface area contributed by atoms with Crippen LogP contribution >= 0.6 is 0 Å². The van der Waals surface area contributed by atoms with Gasteiger partial charge in [0.15, 0.2) is 0 Å². The molecule has 1 aromatic rings. The Morgan fingerprint density at radius 2 is 2.25 bits per heavy atom. The summed E-state index contributed by atoms with van der Waals surface area (Å²) in [4.78, 5) is 11.8. The number of aromatic hydroxyl groups is 1. The standard InChI is InChI=1S/C13H17NO2/c1-3-9-7-10(15)4-5-12(9)14-13(16)11-6-8(11)2/h4-5,7-8,11,15H,3,6H2,1-2H3,(H,14,16)/t8-,11-/m1/s1. The summed E-state index contributed by atoms with van der Waals surface area (Å²) in [5, 5.41) is 12.3. The van der Waals surface area contributed by atoms with E-state index in [1.165, 1.54) is 0 Å². The number of amides is 1. The van der Waals surface area contributed by atoms with Crippen molar-refractivity contribution in [2.75, 3.05) is 5.32 Å². The maximum Gasteiger partial charge on any atom is 0.227 e. The molecule has 1 aliphatic rings. The van der Waals surface area contributed by atoms with Crippen LogP contribution in [0, 0.1) is 11.8 Å².